The second-order valence-corrected chi connectivity index (χ2v) is 9.26. The summed E-state index contributed by atoms with van der Waals surface area (Å²) in [6, 6.07) is 3.50. The summed E-state index contributed by atoms with van der Waals surface area (Å²) in [4.78, 5) is 20.0. The molecule has 1 fully saturated rings. The minimum atomic E-state index is -0.997. The predicted molar refractivity (Wildman–Crippen MR) is 124 cm³/mol. The van der Waals surface area contributed by atoms with Crippen LogP contribution >= 0.6 is 11.6 Å². The van der Waals surface area contributed by atoms with Crippen molar-refractivity contribution in [2.24, 2.45) is 5.92 Å². The van der Waals surface area contributed by atoms with Crippen LogP contribution in [0.1, 0.15) is 48.9 Å². The third-order valence-corrected chi connectivity index (χ3v) is 6.81. The van der Waals surface area contributed by atoms with Crippen LogP contribution in [0.4, 0.5) is 10.2 Å². The Labute approximate surface area is 198 Å². The second-order valence-electron chi connectivity index (χ2n) is 8.85. The summed E-state index contributed by atoms with van der Waals surface area (Å²) in [7, 11) is 0. The fourth-order valence-electron chi connectivity index (χ4n) is 4.40. The highest BCUT2D eigenvalue weighted by atomic mass is 35.5. The molecule has 2 aromatic heterocycles. The molecule has 0 aromatic carbocycles. The zero-order chi connectivity index (χ0) is 23.2. The third kappa shape index (κ3) is 6.40. The van der Waals surface area contributed by atoms with E-state index in [1.807, 2.05) is 0 Å². The van der Waals surface area contributed by atoms with E-state index in [1.54, 1.807) is 0 Å². The number of aliphatic carboxylic acids is 1. The minimum Gasteiger partial charge on any atom is -0.480 e. The molecule has 1 aliphatic carbocycles. The van der Waals surface area contributed by atoms with Crippen LogP contribution in [-0.2, 0) is 28.9 Å². The Hall–Kier alpha value is -2.29. The van der Waals surface area contributed by atoms with Crippen molar-refractivity contribution >= 4 is 23.4 Å². The van der Waals surface area contributed by atoms with Crippen LogP contribution in [0, 0.1) is 11.7 Å². The van der Waals surface area contributed by atoms with Gasteiger partial charge in [-0.3, -0.25) is 9.78 Å². The van der Waals surface area contributed by atoms with E-state index in [9.17, 15) is 14.3 Å². The number of anilines is 1. The van der Waals surface area contributed by atoms with Crippen LogP contribution < -0.4 is 10.6 Å². The van der Waals surface area contributed by atoms with E-state index in [1.165, 1.54) is 18.2 Å². The molecule has 9 heteroatoms. The molecule has 1 atom stereocenters. The van der Waals surface area contributed by atoms with E-state index in [0.717, 1.165) is 56.4 Å². The SMILES string of the molecule is O=C(O)[C@@H](CCOC1CC(CCc2ccc3c(n2)NCCC3)C1)NCc1c(F)cncc1Cl. The van der Waals surface area contributed by atoms with Crippen molar-refractivity contribution in [1.29, 1.82) is 0 Å². The van der Waals surface area contributed by atoms with Crippen molar-refractivity contribution < 1.29 is 19.0 Å². The van der Waals surface area contributed by atoms with Crippen molar-refractivity contribution in [1.82, 2.24) is 15.3 Å². The van der Waals surface area contributed by atoms with Gasteiger partial charge in [-0.1, -0.05) is 17.7 Å². The number of hydrogen-bond acceptors (Lipinski definition) is 6. The largest absolute Gasteiger partial charge is 0.480 e. The number of halogens is 2. The maximum absolute atomic E-state index is 13.8. The van der Waals surface area contributed by atoms with E-state index in [2.05, 4.69) is 27.8 Å². The monoisotopic (exact) mass is 476 g/mol. The summed E-state index contributed by atoms with van der Waals surface area (Å²) >= 11 is 5.95. The fraction of sp³-hybridized carbons (Fsp3) is 0.542. The Kier molecular flexibility index (Phi) is 8.11. The van der Waals surface area contributed by atoms with Crippen LogP contribution in [0.25, 0.3) is 0 Å². The molecular formula is C24H30ClFN4O3. The molecule has 2 aromatic rings. The smallest absolute Gasteiger partial charge is 0.320 e. The molecule has 1 saturated carbocycles. The lowest BCUT2D eigenvalue weighted by Crippen LogP contribution is -2.39. The Bertz CT molecular complexity index is 950. The first-order chi connectivity index (χ1) is 16.0. The molecular weight excluding hydrogens is 447 g/mol. The lowest BCUT2D eigenvalue weighted by atomic mass is 9.79. The van der Waals surface area contributed by atoms with Gasteiger partial charge in [-0.25, -0.2) is 9.37 Å². The zero-order valence-corrected chi connectivity index (χ0v) is 19.3. The number of aromatic nitrogens is 2. The Morgan fingerprint density at radius 3 is 3.00 bits per heavy atom. The summed E-state index contributed by atoms with van der Waals surface area (Å²) in [5.41, 5.74) is 2.66. The summed E-state index contributed by atoms with van der Waals surface area (Å²) in [6.07, 6.45) is 9.18. The third-order valence-electron chi connectivity index (χ3n) is 6.49. The second kappa shape index (κ2) is 11.2. The van der Waals surface area contributed by atoms with Crippen molar-refractivity contribution in [3.05, 3.63) is 52.2 Å². The van der Waals surface area contributed by atoms with Crippen molar-refractivity contribution in [3.63, 3.8) is 0 Å². The first-order valence-electron chi connectivity index (χ1n) is 11.6. The van der Waals surface area contributed by atoms with Gasteiger partial charge in [-0.15, -0.1) is 0 Å². The predicted octanol–water partition coefficient (Wildman–Crippen LogP) is 3.99. The van der Waals surface area contributed by atoms with Crippen molar-refractivity contribution in [3.8, 4) is 0 Å². The Balaban J connectivity index is 1.14. The van der Waals surface area contributed by atoms with Gasteiger partial charge in [0.05, 0.1) is 17.3 Å². The molecule has 0 spiro atoms. The van der Waals surface area contributed by atoms with Crippen LogP contribution in [-0.4, -0.2) is 46.3 Å². The van der Waals surface area contributed by atoms with Crippen LogP contribution in [0.2, 0.25) is 5.02 Å². The molecule has 0 radical (unpaired) electrons. The number of rotatable bonds is 11. The molecule has 2 aliphatic rings. The number of pyridine rings is 2. The van der Waals surface area contributed by atoms with Gasteiger partial charge in [0, 0.05) is 37.2 Å². The summed E-state index contributed by atoms with van der Waals surface area (Å²) in [6.45, 7) is 1.35. The Morgan fingerprint density at radius 1 is 1.36 bits per heavy atom. The van der Waals surface area contributed by atoms with Gasteiger partial charge >= 0.3 is 5.97 Å². The van der Waals surface area contributed by atoms with E-state index in [0.29, 0.717) is 18.9 Å². The van der Waals surface area contributed by atoms with E-state index in [4.69, 9.17) is 21.3 Å². The lowest BCUT2D eigenvalue weighted by molar-refractivity contribution is -0.140. The maximum Gasteiger partial charge on any atom is 0.320 e. The number of hydrogen-bond donors (Lipinski definition) is 3. The van der Waals surface area contributed by atoms with Crippen molar-refractivity contribution in [2.45, 2.75) is 63.6 Å². The van der Waals surface area contributed by atoms with Gasteiger partial charge in [0.15, 0.2) is 0 Å². The van der Waals surface area contributed by atoms with Crippen LogP contribution in [0.15, 0.2) is 24.5 Å². The van der Waals surface area contributed by atoms with Crippen LogP contribution in [0.5, 0.6) is 0 Å². The highest BCUT2D eigenvalue weighted by Crippen LogP contribution is 2.34. The molecule has 0 saturated heterocycles. The van der Waals surface area contributed by atoms with Crippen LogP contribution in [0.3, 0.4) is 0 Å². The number of carboxylic acid groups (broad SMARTS) is 1. The molecule has 33 heavy (non-hydrogen) atoms. The zero-order valence-electron chi connectivity index (χ0n) is 18.5. The van der Waals surface area contributed by atoms with Gasteiger partial charge in [0.25, 0.3) is 0 Å². The summed E-state index contributed by atoms with van der Waals surface area (Å²) in [5.74, 6) is 0.107. The number of aryl methyl sites for hydroxylation is 2. The standard InChI is InChI=1S/C24H30ClFN4O3/c25-20-13-27-14-21(26)19(20)12-29-22(24(31)32)7-9-33-18-10-15(11-18)3-5-17-6-4-16-2-1-8-28-23(16)30-17/h4,6,13-15,18,22,29H,1-3,5,7-12H2,(H,28,30)(H,31,32)/t15?,18?,22-/m1/s1. The van der Waals surface area contributed by atoms with Crippen molar-refractivity contribution in [2.75, 3.05) is 18.5 Å². The van der Waals surface area contributed by atoms with Gasteiger partial charge < -0.3 is 20.5 Å². The quantitative estimate of drug-likeness (QED) is 0.451. The fourth-order valence-corrected chi connectivity index (χ4v) is 4.62. The number of fused-ring (bicyclic) bond motifs is 1. The molecule has 178 valence electrons. The summed E-state index contributed by atoms with van der Waals surface area (Å²) < 4.78 is 19.7. The molecule has 0 amide bonds. The highest BCUT2D eigenvalue weighted by molar-refractivity contribution is 6.31. The molecule has 1 aliphatic heterocycles. The molecule has 7 nitrogen and oxygen atoms in total. The van der Waals surface area contributed by atoms with Gasteiger partial charge in [0.1, 0.15) is 17.7 Å². The highest BCUT2D eigenvalue weighted by Gasteiger charge is 2.30. The number of carbonyl (C=O) groups is 1. The first kappa shape index (κ1) is 23.9. The topological polar surface area (TPSA) is 96.4 Å². The molecule has 0 unspecified atom stereocenters. The number of carboxylic acids is 1. The molecule has 3 N–H and O–H groups in total. The molecule has 3 heterocycles. The average molecular weight is 477 g/mol. The minimum absolute atomic E-state index is 0.0158. The Morgan fingerprint density at radius 2 is 2.21 bits per heavy atom. The van der Waals surface area contributed by atoms with Gasteiger partial charge in [0.2, 0.25) is 0 Å². The first-order valence-corrected chi connectivity index (χ1v) is 12.0. The molecule has 4 rings (SSSR count). The lowest BCUT2D eigenvalue weighted by Gasteiger charge is -2.35. The van der Waals surface area contributed by atoms with E-state index in [-0.39, 0.29) is 23.2 Å². The van der Waals surface area contributed by atoms with Gasteiger partial charge in [-0.2, -0.15) is 0 Å². The number of ether oxygens (including phenoxy) is 1. The maximum atomic E-state index is 13.8. The van der Waals surface area contributed by atoms with Gasteiger partial charge in [-0.05, 0) is 62.5 Å². The van der Waals surface area contributed by atoms with E-state index < -0.39 is 17.8 Å². The number of nitrogens with zero attached hydrogens (tertiary/aromatic N) is 2. The average Bonchev–Trinajstić information content (AvgIpc) is 2.77. The number of nitrogens with one attached hydrogen (secondary N) is 2. The molecule has 0 bridgehead atoms. The normalized spacial score (nSPS) is 20.4. The summed E-state index contributed by atoms with van der Waals surface area (Å²) in [5, 5.41) is 15.9. The van der Waals surface area contributed by atoms with E-state index >= 15 is 0 Å².